The lowest BCUT2D eigenvalue weighted by atomic mass is 10.1. The quantitative estimate of drug-likeness (QED) is 0.347. The molecule has 1 rings (SSSR count). The monoisotopic (exact) mass is 235 g/mol. The van der Waals surface area contributed by atoms with E-state index in [-0.39, 0.29) is 0 Å². The lowest BCUT2D eigenvalue weighted by Crippen LogP contribution is -2.46. The molecule has 1 aliphatic rings. The van der Waals surface area contributed by atoms with Crippen molar-refractivity contribution in [3.05, 3.63) is 0 Å². The van der Waals surface area contributed by atoms with E-state index in [9.17, 15) is 15.3 Å². The van der Waals surface area contributed by atoms with Gasteiger partial charge in [-0.05, 0) is 13.0 Å². The van der Waals surface area contributed by atoms with Crippen molar-refractivity contribution in [1.29, 1.82) is 0 Å². The summed E-state index contributed by atoms with van der Waals surface area (Å²) in [4.78, 5) is 0. The van der Waals surface area contributed by atoms with Crippen LogP contribution in [0.1, 0.15) is 19.8 Å². The van der Waals surface area contributed by atoms with Gasteiger partial charge in [0, 0.05) is 6.54 Å². The molecule has 1 heterocycles. The average Bonchev–Trinajstić information content (AvgIpc) is 2.50. The average molecular weight is 235 g/mol. The molecule has 6 heteroatoms. The summed E-state index contributed by atoms with van der Waals surface area (Å²) >= 11 is 0. The van der Waals surface area contributed by atoms with E-state index >= 15 is 0 Å². The van der Waals surface area contributed by atoms with E-state index in [2.05, 4.69) is 12.2 Å². The first kappa shape index (κ1) is 13.8. The van der Waals surface area contributed by atoms with Crippen LogP contribution in [-0.4, -0.2) is 64.2 Å². The largest absolute Gasteiger partial charge is 0.391 e. The molecule has 16 heavy (non-hydrogen) atoms. The van der Waals surface area contributed by atoms with Gasteiger partial charge in [-0.2, -0.15) is 0 Å². The van der Waals surface area contributed by atoms with Crippen molar-refractivity contribution < 1.29 is 25.2 Å². The summed E-state index contributed by atoms with van der Waals surface area (Å²) in [6.45, 7) is 2.45. The lowest BCUT2D eigenvalue weighted by Gasteiger charge is -2.22. The molecule has 5 N–H and O–H groups in total. The molecule has 0 spiro atoms. The Balaban J connectivity index is 2.39. The van der Waals surface area contributed by atoms with Crippen molar-refractivity contribution in [1.82, 2.24) is 5.32 Å². The fraction of sp³-hybridized carbons (Fsp3) is 1.00. The molecule has 1 aliphatic heterocycles. The van der Waals surface area contributed by atoms with Crippen molar-refractivity contribution in [2.75, 3.05) is 19.7 Å². The summed E-state index contributed by atoms with van der Waals surface area (Å²) in [5.74, 6) is -2.05. The van der Waals surface area contributed by atoms with E-state index in [0.717, 1.165) is 19.4 Å². The number of ether oxygens (including phenoxy) is 1. The van der Waals surface area contributed by atoms with Crippen LogP contribution >= 0.6 is 0 Å². The fourth-order valence-electron chi connectivity index (χ4n) is 1.71. The second-order valence-corrected chi connectivity index (χ2v) is 4.15. The van der Waals surface area contributed by atoms with Gasteiger partial charge in [-0.25, -0.2) is 0 Å². The minimum absolute atomic E-state index is 0.334. The molecular formula is C10H21NO5. The van der Waals surface area contributed by atoms with Gasteiger partial charge in [0.15, 0.2) is 0 Å². The smallest absolute Gasteiger partial charge is 0.219 e. The van der Waals surface area contributed by atoms with Crippen LogP contribution < -0.4 is 5.32 Å². The molecule has 0 bridgehead atoms. The van der Waals surface area contributed by atoms with E-state index in [1.807, 2.05) is 0 Å². The van der Waals surface area contributed by atoms with Crippen LogP contribution in [-0.2, 0) is 4.74 Å². The normalized spacial score (nSPS) is 39.2. The minimum Gasteiger partial charge on any atom is -0.391 e. The lowest BCUT2D eigenvalue weighted by molar-refractivity contribution is -0.245. The maximum absolute atomic E-state index is 9.60. The van der Waals surface area contributed by atoms with Crippen molar-refractivity contribution in [2.24, 2.45) is 0 Å². The van der Waals surface area contributed by atoms with Crippen LogP contribution in [0.25, 0.3) is 0 Å². The summed E-state index contributed by atoms with van der Waals surface area (Å²) in [5.41, 5.74) is 0. The Morgan fingerprint density at radius 2 is 2.06 bits per heavy atom. The molecule has 1 saturated heterocycles. The number of aliphatic hydroxyl groups is 4. The summed E-state index contributed by atoms with van der Waals surface area (Å²) in [7, 11) is 0. The van der Waals surface area contributed by atoms with Crippen LogP contribution in [0.5, 0.6) is 0 Å². The Morgan fingerprint density at radius 3 is 2.56 bits per heavy atom. The molecule has 0 aromatic rings. The molecule has 0 aromatic heterocycles. The zero-order valence-corrected chi connectivity index (χ0v) is 9.46. The summed E-state index contributed by atoms with van der Waals surface area (Å²) in [6.07, 6.45) is -1.30. The molecule has 0 aromatic carbocycles. The Kier molecular flexibility index (Phi) is 5.10. The van der Waals surface area contributed by atoms with Gasteiger partial charge in [0.2, 0.25) is 5.79 Å². The Labute approximate surface area is 94.9 Å². The van der Waals surface area contributed by atoms with Gasteiger partial charge < -0.3 is 30.5 Å². The number of nitrogens with one attached hydrogen (secondary N) is 1. The first-order valence-electron chi connectivity index (χ1n) is 5.63. The van der Waals surface area contributed by atoms with Gasteiger partial charge >= 0.3 is 0 Å². The van der Waals surface area contributed by atoms with E-state index < -0.39 is 30.7 Å². The van der Waals surface area contributed by atoms with Gasteiger partial charge in [-0.3, -0.25) is 0 Å². The molecule has 1 unspecified atom stereocenters. The maximum atomic E-state index is 9.60. The number of hydrogen-bond donors (Lipinski definition) is 5. The summed E-state index contributed by atoms with van der Waals surface area (Å²) in [5, 5.41) is 40.6. The number of unbranched alkanes of at least 4 members (excludes halogenated alkanes) is 1. The summed E-state index contributed by atoms with van der Waals surface area (Å²) < 4.78 is 5.05. The van der Waals surface area contributed by atoms with E-state index in [1.165, 1.54) is 0 Å². The predicted molar refractivity (Wildman–Crippen MR) is 56.7 cm³/mol. The van der Waals surface area contributed by atoms with Crippen molar-refractivity contribution in [2.45, 2.75) is 43.9 Å². The second kappa shape index (κ2) is 5.90. The molecule has 4 atom stereocenters. The zero-order chi connectivity index (χ0) is 12.2. The Hall–Kier alpha value is -0.240. The van der Waals surface area contributed by atoms with Crippen LogP contribution in [0.2, 0.25) is 0 Å². The SMILES string of the molecule is CCCCNC[C@@H]1OC(O)(CO)[C@@H](O)[C@H]1O. The second-order valence-electron chi connectivity index (χ2n) is 4.15. The zero-order valence-electron chi connectivity index (χ0n) is 9.46. The van der Waals surface area contributed by atoms with Crippen molar-refractivity contribution in [3.8, 4) is 0 Å². The fourth-order valence-corrected chi connectivity index (χ4v) is 1.71. The third kappa shape index (κ3) is 2.91. The van der Waals surface area contributed by atoms with Crippen LogP contribution in [0, 0.1) is 0 Å². The molecule has 0 radical (unpaired) electrons. The van der Waals surface area contributed by atoms with E-state index in [0.29, 0.717) is 6.54 Å². The Morgan fingerprint density at radius 1 is 1.38 bits per heavy atom. The molecule has 0 aliphatic carbocycles. The predicted octanol–water partition coefficient (Wildman–Crippen LogP) is -1.82. The molecule has 6 nitrogen and oxygen atoms in total. The summed E-state index contributed by atoms with van der Waals surface area (Å²) in [6, 6.07) is 0. The van der Waals surface area contributed by atoms with Crippen LogP contribution in [0.3, 0.4) is 0 Å². The topological polar surface area (TPSA) is 102 Å². The Bertz CT molecular complexity index is 215. The third-order valence-corrected chi connectivity index (χ3v) is 2.80. The standard InChI is InChI=1S/C10H21NO5/c1-2-3-4-11-5-7-8(13)9(14)10(15,6-12)16-7/h7-9,11-15H,2-6H2,1H3/t7-,8-,9-,10?/m0/s1. The molecule has 0 amide bonds. The number of rotatable bonds is 6. The highest BCUT2D eigenvalue weighted by molar-refractivity contribution is 4.95. The first-order chi connectivity index (χ1) is 7.55. The van der Waals surface area contributed by atoms with Crippen molar-refractivity contribution >= 4 is 0 Å². The van der Waals surface area contributed by atoms with Crippen LogP contribution in [0.15, 0.2) is 0 Å². The molecule has 96 valence electrons. The minimum atomic E-state index is -2.05. The van der Waals surface area contributed by atoms with Gasteiger partial charge in [0.25, 0.3) is 0 Å². The highest BCUT2D eigenvalue weighted by Crippen LogP contribution is 2.28. The molecular weight excluding hydrogens is 214 g/mol. The van der Waals surface area contributed by atoms with Gasteiger partial charge in [0.1, 0.15) is 18.3 Å². The maximum Gasteiger partial charge on any atom is 0.219 e. The number of hydrogen-bond acceptors (Lipinski definition) is 6. The van der Waals surface area contributed by atoms with Gasteiger partial charge in [-0.1, -0.05) is 13.3 Å². The highest BCUT2D eigenvalue weighted by atomic mass is 16.7. The highest BCUT2D eigenvalue weighted by Gasteiger charge is 2.52. The van der Waals surface area contributed by atoms with Gasteiger partial charge in [-0.15, -0.1) is 0 Å². The third-order valence-electron chi connectivity index (χ3n) is 2.80. The van der Waals surface area contributed by atoms with Gasteiger partial charge in [0.05, 0.1) is 6.61 Å². The molecule has 1 fully saturated rings. The molecule has 0 saturated carbocycles. The van der Waals surface area contributed by atoms with E-state index in [1.54, 1.807) is 0 Å². The van der Waals surface area contributed by atoms with Crippen molar-refractivity contribution in [3.63, 3.8) is 0 Å². The van der Waals surface area contributed by atoms with E-state index in [4.69, 9.17) is 9.84 Å². The number of aliphatic hydroxyl groups excluding tert-OH is 3. The van der Waals surface area contributed by atoms with Crippen LogP contribution in [0.4, 0.5) is 0 Å². The first-order valence-corrected chi connectivity index (χ1v) is 5.63.